The van der Waals surface area contributed by atoms with Gasteiger partial charge in [-0.1, -0.05) is 133 Å². The Morgan fingerprint density at radius 2 is 0.660 bits per heavy atom. The average molecular weight is 741 g/mol. The molecule has 0 saturated carbocycles. The number of para-hydroxylation sites is 2. The molecule has 0 radical (unpaired) electrons. The van der Waals surface area contributed by atoms with Crippen LogP contribution >= 0.6 is 16.1 Å². The van der Waals surface area contributed by atoms with E-state index in [1.54, 1.807) is 0 Å². The fourth-order valence-electron chi connectivity index (χ4n) is 7.01. The maximum absolute atomic E-state index is 4.44. The van der Waals surface area contributed by atoms with Crippen LogP contribution in [0.3, 0.4) is 0 Å². The van der Waals surface area contributed by atoms with E-state index in [2.05, 4.69) is 141 Å². The van der Waals surface area contributed by atoms with Crippen molar-refractivity contribution in [1.82, 2.24) is 14.0 Å². The number of rotatable bonds is 8. The van der Waals surface area contributed by atoms with Crippen LogP contribution in [0.25, 0.3) is 5.32 Å². The Hall–Kier alpha value is -3.56. The van der Waals surface area contributed by atoms with Crippen molar-refractivity contribution in [2.75, 3.05) is 26.2 Å². The van der Waals surface area contributed by atoms with Gasteiger partial charge in [-0.15, -0.1) is 11.4 Å². The first-order valence-electron chi connectivity index (χ1n) is 17.4. The summed E-state index contributed by atoms with van der Waals surface area (Å²) in [5.74, 6) is 0. The monoisotopic (exact) mass is 740 g/mol. The van der Waals surface area contributed by atoms with E-state index >= 15 is 0 Å². The van der Waals surface area contributed by atoms with Crippen LogP contribution in [0.2, 0.25) is 0 Å². The minimum Gasteiger partial charge on any atom is -0.658 e. The molecule has 8 heteroatoms. The van der Waals surface area contributed by atoms with Crippen molar-refractivity contribution in [1.29, 1.82) is 0 Å². The third kappa shape index (κ3) is 9.02. The molecule has 6 aromatic rings. The van der Waals surface area contributed by atoms with Crippen LogP contribution in [0.15, 0.2) is 182 Å². The van der Waals surface area contributed by atoms with Gasteiger partial charge in [0.05, 0.1) is 0 Å². The van der Waals surface area contributed by atoms with Crippen molar-refractivity contribution in [2.24, 2.45) is 0 Å². The van der Waals surface area contributed by atoms with Crippen molar-refractivity contribution < 1.29 is 17.1 Å². The molecule has 2 heterocycles. The Labute approximate surface area is 311 Å². The van der Waals surface area contributed by atoms with Crippen LogP contribution in [0, 0.1) is 0 Å². The minimum absolute atomic E-state index is 0. The Morgan fingerprint density at radius 3 is 0.960 bits per heavy atom. The van der Waals surface area contributed by atoms with E-state index in [0.29, 0.717) is 7.12 Å². The van der Waals surface area contributed by atoms with E-state index in [1.807, 2.05) is 60.7 Å². The van der Waals surface area contributed by atoms with Crippen LogP contribution in [-0.2, 0) is 17.1 Å². The summed E-state index contributed by atoms with van der Waals surface area (Å²) in [5, 5.41) is 10.4. The van der Waals surface area contributed by atoms with Crippen molar-refractivity contribution in [2.45, 2.75) is 12.8 Å². The van der Waals surface area contributed by atoms with Gasteiger partial charge in [0.25, 0.3) is 0 Å². The van der Waals surface area contributed by atoms with Crippen LogP contribution < -0.4 is 21.2 Å². The summed E-state index contributed by atoms with van der Waals surface area (Å²) in [7, 11) is -1.93. The molecule has 8 rings (SSSR count). The molecule has 2 fully saturated rings. The topological polar surface area (TPSA) is 23.8 Å². The smallest absolute Gasteiger partial charge is 0.658 e. The van der Waals surface area contributed by atoms with Gasteiger partial charge in [0.2, 0.25) is 0 Å². The standard InChI is InChI=1S/C30H32BN3P2.C12H10N.Cu/c1-5-15-27(16-6-1)35(28-17-7-2-8-18-28)33-25-13-23-32-24-14-26-34(31(32)33)36(29-19-9-3-10-20-29)30-21-11-4-12-22-30;1-3-7-11(8-4-1)13-12-9-5-2-6-10-12;/h1-12,15-22H,13-14,23-26H2;1-10H;/q;-1;+1/p+2. The molecular weight excluding hydrogens is 697 g/mol. The first-order chi connectivity index (χ1) is 24.3. The average Bonchev–Trinajstić information content (AvgIpc) is 3.18. The molecule has 2 aliphatic heterocycles. The first kappa shape index (κ1) is 36.2. The first-order valence-corrected chi connectivity index (χ1v) is 20.3. The van der Waals surface area contributed by atoms with Gasteiger partial charge in [-0.3, -0.25) is 0 Å². The van der Waals surface area contributed by atoms with Crippen molar-refractivity contribution in [3.63, 3.8) is 0 Å². The molecule has 0 aliphatic carbocycles. The molecule has 2 aliphatic rings. The molecule has 50 heavy (non-hydrogen) atoms. The third-order valence-electron chi connectivity index (χ3n) is 9.11. The normalized spacial score (nSPS) is 15.0. The van der Waals surface area contributed by atoms with Crippen molar-refractivity contribution >= 4 is 55.9 Å². The van der Waals surface area contributed by atoms with Gasteiger partial charge in [-0.05, 0) is 74.5 Å². The Balaban J connectivity index is 0.000000260. The van der Waals surface area contributed by atoms with Crippen LogP contribution in [-0.4, -0.2) is 47.3 Å². The number of fused-ring (bicyclic) bond motifs is 1. The molecule has 0 atom stereocenters. The van der Waals surface area contributed by atoms with Gasteiger partial charge in [-0.25, -0.2) is 0 Å². The fraction of sp³-hybridized carbons (Fsp3) is 0.143. The second kappa shape index (κ2) is 18.6. The Morgan fingerprint density at radius 1 is 0.380 bits per heavy atom. The van der Waals surface area contributed by atoms with E-state index in [9.17, 15) is 0 Å². The van der Waals surface area contributed by atoms with Gasteiger partial charge in [0.15, 0.2) is 0 Å². The number of hydrogen-bond acceptors (Lipinski definition) is 3. The molecule has 0 bridgehead atoms. The van der Waals surface area contributed by atoms with Crippen LogP contribution in [0.1, 0.15) is 12.8 Å². The number of nitrogens with zero attached hydrogens (tertiary/aromatic N) is 4. The Kier molecular flexibility index (Phi) is 13.5. The molecule has 0 aromatic heterocycles. The molecule has 2 saturated heterocycles. The summed E-state index contributed by atoms with van der Waals surface area (Å²) in [6.45, 7) is 4.67. The molecule has 254 valence electrons. The molecule has 0 unspecified atom stereocenters. The van der Waals surface area contributed by atoms with Gasteiger partial charge in [-0.2, -0.15) is 9.16 Å². The number of benzene rings is 6. The Bertz CT molecular complexity index is 1610. The minimum atomic E-state index is -1.13. The SMILES string of the molecule is [Cu+].c1ccc([N-]c2ccccc2)cc1.c1ccc([PH+](c2ccccc2)N2CCCN3CCCN([PH+](c4ccccc4)c4ccccc4)B32)cc1. The summed E-state index contributed by atoms with van der Waals surface area (Å²) in [5.41, 5.74) is 1.99. The van der Waals surface area contributed by atoms with Crippen LogP contribution in [0.5, 0.6) is 0 Å². The van der Waals surface area contributed by atoms with Gasteiger partial charge < -0.3 is 10.1 Å². The van der Waals surface area contributed by atoms with E-state index < -0.39 is 16.1 Å². The largest absolute Gasteiger partial charge is 1.00 e. The molecule has 0 amide bonds. The fourth-order valence-corrected chi connectivity index (χ4v) is 13.0. The zero-order valence-electron chi connectivity index (χ0n) is 28.2. The predicted molar refractivity (Wildman–Crippen MR) is 216 cm³/mol. The van der Waals surface area contributed by atoms with Gasteiger partial charge >= 0.3 is 24.2 Å². The van der Waals surface area contributed by atoms with Gasteiger partial charge in [0.1, 0.15) is 37.4 Å². The molecule has 4 nitrogen and oxygen atoms in total. The molecular formula is C42H44BCuN4P2+2. The quantitative estimate of drug-likeness (QED) is 0.116. The van der Waals surface area contributed by atoms with E-state index in [1.165, 1.54) is 47.1 Å². The maximum Gasteiger partial charge on any atom is 1.00 e. The summed E-state index contributed by atoms with van der Waals surface area (Å²) in [4.78, 5) is 2.78. The second-order valence-corrected chi connectivity index (χ2v) is 17.3. The van der Waals surface area contributed by atoms with Gasteiger partial charge in [0, 0.05) is 13.1 Å². The third-order valence-corrected chi connectivity index (χ3v) is 14.7. The number of hydrogen-bond donors (Lipinski definition) is 0. The predicted octanol–water partition coefficient (Wildman–Crippen LogP) is 8.27. The van der Waals surface area contributed by atoms with E-state index in [4.69, 9.17) is 0 Å². The van der Waals surface area contributed by atoms with Crippen LogP contribution in [0.4, 0.5) is 11.4 Å². The van der Waals surface area contributed by atoms with Crippen molar-refractivity contribution in [3.05, 3.63) is 187 Å². The second-order valence-electron chi connectivity index (χ2n) is 12.4. The summed E-state index contributed by atoms with van der Waals surface area (Å²) < 4.78 is 5.79. The summed E-state index contributed by atoms with van der Waals surface area (Å²) >= 11 is 0. The van der Waals surface area contributed by atoms with E-state index in [0.717, 1.165) is 24.5 Å². The molecule has 0 spiro atoms. The zero-order valence-corrected chi connectivity index (χ0v) is 31.2. The molecule has 6 aromatic carbocycles. The van der Waals surface area contributed by atoms with Crippen molar-refractivity contribution in [3.8, 4) is 0 Å². The van der Waals surface area contributed by atoms with E-state index in [-0.39, 0.29) is 17.1 Å². The maximum atomic E-state index is 4.44. The summed E-state index contributed by atoms with van der Waals surface area (Å²) in [6.07, 6.45) is 2.47. The molecule has 0 N–H and O–H groups in total. The summed E-state index contributed by atoms with van der Waals surface area (Å²) in [6, 6.07) is 65.1. The zero-order chi connectivity index (χ0) is 33.1.